The molecule has 1 fully saturated rings. The molecule has 0 spiro atoms. The van der Waals surface area contributed by atoms with Gasteiger partial charge in [0, 0.05) is 6.42 Å². The molecule has 0 bridgehead atoms. The van der Waals surface area contributed by atoms with E-state index in [1.165, 1.54) is 0 Å². The molecule has 0 aromatic heterocycles. The minimum absolute atomic E-state index is 0.132. The predicted molar refractivity (Wildman–Crippen MR) is 159 cm³/mol. The number of carbonyl (C=O) groups excluding carboxylic acids is 2. The molecule has 5 rings (SSSR count). The van der Waals surface area contributed by atoms with Crippen LogP contribution in [0.25, 0.3) is 6.08 Å². The molecule has 1 saturated heterocycles. The largest absolute Gasteiger partial charge is 0.501 e. The first-order valence-corrected chi connectivity index (χ1v) is 13.8. The average molecular weight is 530 g/mol. The number of carbonyl (C=O) groups is 2. The molecule has 40 heavy (non-hydrogen) atoms. The minimum Gasteiger partial charge on any atom is -0.501 e. The number of benzene rings is 4. The standard InChI is InChI=1S/C36H35NO3/c1-4-40-25-24-28-20-22-29(23-21-28)27(2)35(3)26-33(38)37(34(35)39)36(30-14-8-5-9-15-30,31-16-10-6-11-17-31)32-18-12-7-13-19-32/h5-25,27H,4,26H2,1-3H3/b25-24+/t27-,35+/m1/s1. The highest BCUT2D eigenvalue weighted by Crippen LogP contribution is 2.52. The van der Waals surface area contributed by atoms with Gasteiger partial charge in [0.15, 0.2) is 0 Å². The lowest BCUT2D eigenvalue weighted by Crippen LogP contribution is -2.52. The van der Waals surface area contributed by atoms with Crippen LogP contribution in [0.1, 0.15) is 60.9 Å². The third-order valence-corrected chi connectivity index (χ3v) is 8.29. The molecule has 2 amide bonds. The van der Waals surface area contributed by atoms with Gasteiger partial charge in [0.25, 0.3) is 0 Å². The smallest absolute Gasteiger partial charge is 0.237 e. The van der Waals surface area contributed by atoms with Gasteiger partial charge in [0.05, 0.1) is 18.3 Å². The van der Waals surface area contributed by atoms with E-state index in [-0.39, 0.29) is 24.2 Å². The molecule has 2 atom stereocenters. The Labute approximate surface area is 236 Å². The zero-order valence-corrected chi connectivity index (χ0v) is 23.3. The van der Waals surface area contributed by atoms with Crippen molar-refractivity contribution in [2.45, 2.75) is 38.6 Å². The highest BCUT2D eigenvalue weighted by molar-refractivity contribution is 6.08. The van der Waals surface area contributed by atoms with Crippen molar-refractivity contribution in [3.63, 3.8) is 0 Å². The summed E-state index contributed by atoms with van der Waals surface area (Å²) in [5, 5.41) is 0. The fraction of sp³-hybridized carbons (Fsp3) is 0.222. The average Bonchev–Trinajstić information content (AvgIpc) is 3.24. The zero-order valence-electron chi connectivity index (χ0n) is 23.3. The second-order valence-electron chi connectivity index (χ2n) is 10.6. The molecule has 1 aliphatic heterocycles. The van der Waals surface area contributed by atoms with Crippen LogP contribution < -0.4 is 0 Å². The van der Waals surface area contributed by atoms with Gasteiger partial charge in [0.1, 0.15) is 5.54 Å². The summed E-state index contributed by atoms with van der Waals surface area (Å²) in [6.45, 7) is 6.55. The number of rotatable bonds is 9. The molecule has 0 N–H and O–H groups in total. The van der Waals surface area contributed by atoms with Gasteiger partial charge in [0.2, 0.25) is 11.8 Å². The number of hydrogen-bond acceptors (Lipinski definition) is 3. The van der Waals surface area contributed by atoms with Crippen LogP contribution in [-0.4, -0.2) is 23.3 Å². The Morgan fingerprint density at radius 1 is 0.800 bits per heavy atom. The summed E-state index contributed by atoms with van der Waals surface area (Å²) in [4.78, 5) is 30.5. The Morgan fingerprint density at radius 2 is 1.27 bits per heavy atom. The van der Waals surface area contributed by atoms with E-state index in [1.54, 1.807) is 11.2 Å². The molecular formula is C36H35NO3. The number of imide groups is 1. The molecule has 0 radical (unpaired) electrons. The Morgan fingerprint density at radius 3 is 1.73 bits per heavy atom. The van der Waals surface area contributed by atoms with Gasteiger partial charge in [-0.05, 0) is 53.7 Å². The van der Waals surface area contributed by atoms with Gasteiger partial charge in [-0.1, -0.05) is 122 Å². The molecule has 1 heterocycles. The topological polar surface area (TPSA) is 46.6 Å². The van der Waals surface area contributed by atoms with Crippen LogP contribution in [0.2, 0.25) is 0 Å². The van der Waals surface area contributed by atoms with E-state index in [0.717, 1.165) is 27.8 Å². The van der Waals surface area contributed by atoms with E-state index in [9.17, 15) is 9.59 Å². The van der Waals surface area contributed by atoms with Gasteiger partial charge in [-0.2, -0.15) is 0 Å². The fourth-order valence-corrected chi connectivity index (χ4v) is 5.93. The van der Waals surface area contributed by atoms with Crippen LogP contribution in [0.5, 0.6) is 0 Å². The summed E-state index contributed by atoms with van der Waals surface area (Å²) in [6.07, 6.45) is 3.74. The van der Waals surface area contributed by atoms with E-state index < -0.39 is 11.0 Å². The Bertz CT molecular complexity index is 1380. The Kier molecular flexibility index (Phi) is 7.70. The lowest BCUT2D eigenvalue weighted by atomic mass is 9.72. The molecule has 4 aromatic rings. The summed E-state index contributed by atoms with van der Waals surface area (Å²) >= 11 is 0. The van der Waals surface area contributed by atoms with Crippen molar-refractivity contribution in [1.29, 1.82) is 0 Å². The summed E-state index contributed by atoms with van der Waals surface area (Å²) in [5.74, 6) is -0.520. The summed E-state index contributed by atoms with van der Waals surface area (Å²) in [7, 11) is 0. The highest BCUT2D eigenvalue weighted by Gasteiger charge is 2.59. The van der Waals surface area contributed by atoms with Crippen molar-refractivity contribution in [3.8, 4) is 0 Å². The quantitative estimate of drug-likeness (QED) is 0.128. The van der Waals surface area contributed by atoms with Crippen LogP contribution >= 0.6 is 0 Å². The van der Waals surface area contributed by atoms with Crippen molar-refractivity contribution in [2.75, 3.05) is 6.61 Å². The number of ether oxygens (including phenoxy) is 1. The van der Waals surface area contributed by atoms with Gasteiger partial charge < -0.3 is 4.74 Å². The van der Waals surface area contributed by atoms with Crippen LogP contribution in [0, 0.1) is 5.41 Å². The minimum atomic E-state index is -1.11. The fourth-order valence-electron chi connectivity index (χ4n) is 5.93. The maximum absolute atomic E-state index is 14.7. The summed E-state index contributed by atoms with van der Waals surface area (Å²) in [5.41, 5.74) is 2.63. The van der Waals surface area contributed by atoms with Crippen LogP contribution in [-0.2, 0) is 19.9 Å². The normalized spacial score (nSPS) is 18.3. The van der Waals surface area contributed by atoms with Crippen molar-refractivity contribution >= 4 is 17.9 Å². The number of amides is 2. The third-order valence-electron chi connectivity index (χ3n) is 8.29. The van der Waals surface area contributed by atoms with Crippen LogP contribution in [0.15, 0.2) is 122 Å². The molecule has 0 unspecified atom stereocenters. The number of likely N-dealkylation sites (tertiary alicyclic amines) is 1. The van der Waals surface area contributed by atoms with Gasteiger partial charge in [-0.25, -0.2) is 0 Å². The van der Waals surface area contributed by atoms with E-state index in [1.807, 2.05) is 135 Å². The van der Waals surface area contributed by atoms with Crippen molar-refractivity contribution < 1.29 is 14.3 Å². The Hall–Kier alpha value is -4.44. The summed E-state index contributed by atoms with van der Waals surface area (Å²) < 4.78 is 5.32. The first kappa shape index (κ1) is 27.1. The third kappa shape index (κ3) is 4.64. The second kappa shape index (κ2) is 11.4. The van der Waals surface area contributed by atoms with Crippen molar-refractivity contribution in [1.82, 2.24) is 4.90 Å². The first-order chi connectivity index (χ1) is 19.4. The molecule has 4 heteroatoms. The number of hydrogen-bond donors (Lipinski definition) is 0. The zero-order chi connectivity index (χ0) is 28.2. The molecule has 0 saturated carbocycles. The van der Waals surface area contributed by atoms with Gasteiger partial charge >= 0.3 is 0 Å². The Balaban J connectivity index is 1.63. The van der Waals surface area contributed by atoms with E-state index in [2.05, 4.69) is 6.92 Å². The predicted octanol–water partition coefficient (Wildman–Crippen LogP) is 7.55. The molecule has 0 aliphatic carbocycles. The van der Waals surface area contributed by atoms with Gasteiger partial charge in [-0.3, -0.25) is 14.5 Å². The molecule has 202 valence electrons. The molecule has 4 nitrogen and oxygen atoms in total. The second-order valence-corrected chi connectivity index (χ2v) is 10.6. The van der Waals surface area contributed by atoms with Gasteiger partial charge in [-0.15, -0.1) is 0 Å². The lowest BCUT2D eigenvalue weighted by Gasteiger charge is -2.43. The molecular weight excluding hydrogens is 494 g/mol. The lowest BCUT2D eigenvalue weighted by molar-refractivity contribution is -0.146. The van der Waals surface area contributed by atoms with E-state index in [0.29, 0.717) is 6.61 Å². The first-order valence-electron chi connectivity index (χ1n) is 13.8. The number of nitrogens with zero attached hydrogens (tertiary/aromatic N) is 1. The van der Waals surface area contributed by atoms with E-state index >= 15 is 0 Å². The highest BCUT2D eigenvalue weighted by atomic mass is 16.5. The maximum Gasteiger partial charge on any atom is 0.237 e. The summed E-state index contributed by atoms with van der Waals surface area (Å²) in [6, 6.07) is 37.8. The molecule has 4 aromatic carbocycles. The van der Waals surface area contributed by atoms with Crippen LogP contribution in [0.4, 0.5) is 0 Å². The van der Waals surface area contributed by atoms with Crippen LogP contribution in [0.3, 0.4) is 0 Å². The van der Waals surface area contributed by atoms with Crippen molar-refractivity contribution in [2.24, 2.45) is 5.41 Å². The molecule has 1 aliphatic rings. The van der Waals surface area contributed by atoms with Crippen molar-refractivity contribution in [3.05, 3.63) is 149 Å². The van der Waals surface area contributed by atoms with E-state index in [4.69, 9.17) is 4.74 Å². The maximum atomic E-state index is 14.7. The SMILES string of the molecule is CCO/C=C/c1ccc([C@@H](C)[C@]2(C)CC(=O)N(C(c3ccccc3)(c3ccccc3)c3ccccc3)C2=O)cc1. The monoisotopic (exact) mass is 529 g/mol.